The second-order valence-corrected chi connectivity index (χ2v) is 7.31. The second kappa shape index (κ2) is 9.71. The highest BCUT2D eigenvalue weighted by atomic mass is 35.5. The monoisotopic (exact) mass is 406 g/mol. The SMILES string of the molecule is C/C=C1\C(C2=C/C=C\CCC(OC)=C2Cl)=CC(=NC(C)=NC)C2=CC=CC=CC21. The minimum Gasteiger partial charge on any atom is -0.500 e. The van der Waals surface area contributed by atoms with Crippen LogP contribution in [0.1, 0.15) is 26.7 Å². The first-order chi connectivity index (χ1) is 14.1. The molecule has 3 nitrogen and oxygen atoms in total. The number of halogens is 1. The smallest absolute Gasteiger partial charge is 0.120 e. The molecule has 0 spiro atoms. The van der Waals surface area contributed by atoms with E-state index in [1.54, 1.807) is 14.2 Å². The molecule has 3 rings (SSSR count). The summed E-state index contributed by atoms with van der Waals surface area (Å²) in [6.07, 6.45) is 22.8. The Morgan fingerprint density at radius 1 is 1.17 bits per heavy atom. The van der Waals surface area contributed by atoms with Gasteiger partial charge in [0.1, 0.15) is 11.6 Å². The van der Waals surface area contributed by atoms with Crippen LogP contribution in [0.3, 0.4) is 0 Å². The molecule has 0 aromatic carbocycles. The molecule has 0 aromatic heterocycles. The first-order valence-electron chi connectivity index (χ1n) is 9.86. The molecule has 3 aliphatic rings. The van der Waals surface area contributed by atoms with Crippen LogP contribution in [0.4, 0.5) is 0 Å². The molecule has 0 saturated carbocycles. The van der Waals surface area contributed by atoms with Gasteiger partial charge >= 0.3 is 0 Å². The van der Waals surface area contributed by atoms with Gasteiger partial charge in [-0.1, -0.05) is 66.3 Å². The van der Waals surface area contributed by atoms with Crippen molar-refractivity contribution in [1.82, 2.24) is 0 Å². The van der Waals surface area contributed by atoms with E-state index in [-0.39, 0.29) is 5.92 Å². The van der Waals surface area contributed by atoms with E-state index in [0.717, 1.165) is 46.9 Å². The van der Waals surface area contributed by atoms with Crippen molar-refractivity contribution >= 4 is 23.1 Å². The van der Waals surface area contributed by atoms with Crippen molar-refractivity contribution in [3.05, 3.63) is 93.8 Å². The van der Waals surface area contributed by atoms with E-state index in [9.17, 15) is 0 Å². The molecule has 0 heterocycles. The maximum atomic E-state index is 6.85. The fourth-order valence-corrected chi connectivity index (χ4v) is 4.03. The Labute approximate surface area is 178 Å². The van der Waals surface area contributed by atoms with Crippen LogP contribution in [0, 0.1) is 5.92 Å². The van der Waals surface area contributed by atoms with Crippen molar-refractivity contribution in [1.29, 1.82) is 0 Å². The van der Waals surface area contributed by atoms with Crippen LogP contribution in [-0.4, -0.2) is 25.7 Å². The quantitative estimate of drug-likeness (QED) is 0.385. The van der Waals surface area contributed by atoms with Crippen molar-refractivity contribution in [2.45, 2.75) is 26.7 Å². The highest BCUT2D eigenvalue weighted by molar-refractivity contribution is 6.33. The summed E-state index contributed by atoms with van der Waals surface area (Å²) >= 11 is 6.85. The van der Waals surface area contributed by atoms with Crippen molar-refractivity contribution in [2.24, 2.45) is 15.9 Å². The Balaban J connectivity index is 2.27. The molecule has 0 radical (unpaired) electrons. The molecule has 0 saturated heterocycles. The van der Waals surface area contributed by atoms with Crippen molar-refractivity contribution in [2.75, 3.05) is 14.2 Å². The van der Waals surface area contributed by atoms with Crippen LogP contribution in [0.25, 0.3) is 0 Å². The van der Waals surface area contributed by atoms with E-state index in [1.807, 2.05) is 13.0 Å². The van der Waals surface area contributed by atoms with E-state index >= 15 is 0 Å². The molecule has 1 unspecified atom stereocenters. The number of allylic oxidation sites excluding steroid dienone is 16. The number of fused-ring (bicyclic) bond motifs is 1. The van der Waals surface area contributed by atoms with Gasteiger partial charge in [0.2, 0.25) is 0 Å². The van der Waals surface area contributed by atoms with E-state index in [0.29, 0.717) is 5.03 Å². The average Bonchev–Trinajstić information content (AvgIpc) is 2.97. The Bertz CT molecular complexity index is 978. The Morgan fingerprint density at radius 3 is 2.72 bits per heavy atom. The predicted octanol–water partition coefficient (Wildman–Crippen LogP) is 6.40. The minimum atomic E-state index is 0.101. The largest absolute Gasteiger partial charge is 0.500 e. The molecular formula is C25H27ClN2O. The summed E-state index contributed by atoms with van der Waals surface area (Å²) < 4.78 is 5.61. The fraction of sp³-hybridized carbons (Fsp3) is 0.280. The van der Waals surface area contributed by atoms with Gasteiger partial charge in [0.15, 0.2) is 0 Å². The molecule has 0 aliphatic heterocycles. The number of aliphatic imine (C=N–C) groups is 2. The van der Waals surface area contributed by atoms with E-state index in [1.165, 1.54) is 5.57 Å². The molecule has 1 atom stereocenters. The van der Waals surface area contributed by atoms with Gasteiger partial charge in [0, 0.05) is 25.0 Å². The number of ether oxygens (including phenoxy) is 1. The van der Waals surface area contributed by atoms with Gasteiger partial charge in [-0.25, -0.2) is 4.99 Å². The van der Waals surface area contributed by atoms with Crippen LogP contribution >= 0.6 is 11.6 Å². The number of nitrogens with zero attached hydrogens (tertiary/aromatic N) is 2. The van der Waals surface area contributed by atoms with Crippen molar-refractivity contribution < 1.29 is 4.74 Å². The van der Waals surface area contributed by atoms with Crippen LogP contribution < -0.4 is 0 Å². The summed E-state index contributed by atoms with van der Waals surface area (Å²) in [4.78, 5) is 9.02. The molecule has 3 aliphatic carbocycles. The summed E-state index contributed by atoms with van der Waals surface area (Å²) in [5.41, 5.74) is 5.29. The minimum absolute atomic E-state index is 0.101. The fourth-order valence-electron chi connectivity index (χ4n) is 3.69. The van der Waals surface area contributed by atoms with E-state index < -0.39 is 0 Å². The number of amidine groups is 1. The van der Waals surface area contributed by atoms with Crippen LogP contribution in [-0.2, 0) is 4.74 Å². The molecule has 150 valence electrons. The van der Waals surface area contributed by atoms with Gasteiger partial charge in [-0.05, 0) is 43.1 Å². The molecule has 0 bridgehead atoms. The zero-order valence-electron chi connectivity index (χ0n) is 17.4. The lowest BCUT2D eigenvalue weighted by atomic mass is 9.75. The number of hydrogen-bond donors (Lipinski definition) is 0. The van der Waals surface area contributed by atoms with Crippen LogP contribution in [0.2, 0.25) is 0 Å². The third kappa shape index (κ3) is 4.51. The molecule has 0 fully saturated rings. The Morgan fingerprint density at radius 2 is 2.00 bits per heavy atom. The van der Waals surface area contributed by atoms with Gasteiger partial charge in [-0.3, -0.25) is 4.99 Å². The lowest BCUT2D eigenvalue weighted by Crippen LogP contribution is -2.21. The van der Waals surface area contributed by atoms with Crippen LogP contribution in [0.15, 0.2) is 104 Å². The zero-order chi connectivity index (χ0) is 20.8. The summed E-state index contributed by atoms with van der Waals surface area (Å²) in [5.74, 6) is 1.65. The molecule has 29 heavy (non-hydrogen) atoms. The number of rotatable bonds is 2. The maximum absolute atomic E-state index is 6.85. The van der Waals surface area contributed by atoms with Gasteiger partial charge in [-0.15, -0.1) is 0 Å². The van der Waals surface area contributed by atoms with Gasteiger partial charge in [0.05, 0.1) is 17.9 Å². The highest BCUT2D eigenvalue weighted by Gasteiger charge is 2.30. The summed E-state index contributed by atoms with van der Waals surface area (Å²) in [6.45, 7) is 3.99. The zero-order valence-corrected chi connectivity index (χ0v) is 18.2. The maximum Gasteiger partial charge on any atom is 0.120 e. The van der Waals surface area contributed by atoms with Crippen molar-refractivity contribution in [3.63, 3.8) is 0 Å². The van der Waals surface area contributed by atoms with E-state index in [4.69, 9.17) is 21.3 Å². The topological polar surface area (TPSA) is 34.0 Å². The second-order valence-electron chi connectivity index (χ2n) is 6.93. The molecular weight excluding hydrogens is 380 g/mol. The third-order valence-corrected chi connectivity index (χ3v) is 5.65. The van der Waals surface area contributed by atoms with E-state index in [2.05, 4.69) is 66.6 Å². The predicted molar refractivity (Wildman–Crippen MR) is 125 cm³/mol. The van der Waals surface area contributed by atoms with Crippen LogP contribution in [0.5, 0.6) is 0 Å². The Kier molecular flexibility index (Phi) is 7.05. The highest BCUT2D eigenvalue weighted by Crippen LogP contribution is 2.42. The third-order valence-electron chi connectivity index (χ3n) is 5.23. The summed E-state index contributed by atoms with van der Waals surface area (Å²) in [7, 11) is 3.44. The molecule has 0 N–H and O–H groups in total. The normalized spacial score (nSPS) is 26.3. The van der Waals surface area contributed by atoms with Gasteiger partial charge in [0.25, 0.3) is 0 Å². The van der Waals surface area contributed by atoms with Gasteiger partial charge < -0.3 is 4.74 Å². The first-order valence-corrected chi connectivity index (χ1v) is 10.2. The molecule has 4 heteroatoms. The summed E-state index contributed by atoms with van der Waals surface area (Å²) in [6, 6.07) is 0. The average molecular weight is 407 g/mol. The number of hydrogen-bond acceptors (Lipinski definition) is 2. The first kappa shape index (κ1) is 21.1. The summed E-state index contributed by atoms with van der Waals surface area (Å²) in [5, 5.41) is 0.658. The number of methoxy groups -OCH3 is 1. The lowest BCUT2D eigenvalue weighted by Gasteiger charge is -2.29. The Hall–Kier alpha value is -2.65. The lowest BCUT2D eigenvalue weighted by molar-refractivity contribution is 0.276. The van der Waals surface area contributed by atoms with Crippen molar-refractivity contribution in [3.8, 4) is 0 Å². The van der Waals surface area contributed by atoms with Gasteiger partial charge in [-0.2, -0.15) is 0 Å². The standard InChI is InChI=1S/C25H27ClN2O/c1-5-18-19-12-8-6-9-13-20(19)23(28-17(2)27-3)16-22(18)21-14-10-7-11-15-24(29-4)25(21)26/h5-10,12-14,16,19H,11,15H2,1-4H3/b10-7-,18-5-,21-14?,25-24?,27-17?,28-23?. The molecule has 0 aromatic rings. The molecule has 0 amide bonds.